The number of aliphatic carboxylic acids is 1. The predicted octanol–water partition coefficient (Wildman–Crippen LogP) is 2.36. The number of fused-ring (bicyclic) bond motifs is 1. The van der Waals surface area contributed by atoms with Crippen LogP contribution in [0.4, 0.5) is 4.39 Å². The van der Waals surface area contributed by atoms with Gasteiger partial charge in [-0.25, -0.2) is 9.37 Å². The molecule has 4 aromatic rings. The quantitative estimate of drug-likeness (QED) is 0.384. The molecule has 0 aliphatic carbocycles. The van der Waals surface area contributed by atoms with Crippen LogP contribution in [0.15, 0.2) is 65.7 Å². The molecule has 0 atom stereocenters. The average Bonchev–Trinajstić information content (AvgIpc) is 2.83. The Morgan fingerprint density at radius 3 is 2.56 bits per heavy atom. The molecule has 34 heavy (non-hydrogen) atoms. The molecule has 0 aliphatic rings. The maximum Gasteiger partial charge on any atom is 0.322 e. The molecule has 0 saturated heterocycles. The van der Waals surface area contributed by atoms with Gasteiger partial charge in [-0.15, -0.1) is 0 Å². The molecule has 4 rings (SSSR count). The maximum absolute atomic E-state index is 13.9. The number of amides is 1. The zero-order valence-corrected chi connectivity index (χ0v) is 17.7. The Kier molecular flexibility index (Phi) is 6.30. The van der Waals surface area contributed by atoms with E-state index < -0.39 is 41.2 Å². The van der Waals surface area contributed by atoms with Gasteiger partial charge in [0.25, 0.3) is 11.5 Å². The highest BCUT2D eigenvalue weighted by atomic mass is 19.1. The van der Waals surface area contributed by atoms with E-state index in [2.05, 4.69) is 15.3 Å². The number of benzene rings is 1. The summed E-state index contributed by atoms with van der Waals surface area (Å²) in [7, 11) is 0. The minimum atomic E-state index is -1.29. The van der Waals surface area contributed by atoms with Crippen LogP contribution < -0.4 is 10.9 Å². The van der Waals surface area contributed by atoms with Gasteiger partial charge in [0.2, 0.25) is 0 Å². The summed E-state index contributed by atoms with van der Waals surface area (Å²) in [6.45, 7) is -0.529. The molecule has 0 fully saturated rings. The minimum Gasteiger partial charge on any atom is -0.504 e. The SMILES string of the molecule is O=C(O)CNC(=O)c1nc(-c2cncc(F)c2)c2ccc(=O)n(CCc3ccccc3)c2c1O. The number of carboxylic acids is 1. The Morgan fingerprint density at radius 1 is 1.09 bits per heavy atom. The van der Waals surface area contributed by atoms with E-state index in [1.807, 2.05) is 30.3 Å². The van der Waals surface area contributed by atoms with Crippen molar-refractivity contribution in [1.82, 2.24) is 19.9 Å². The van der Waals surface area contributed by atoms with Crippen LogP contribution in [-0.2, 0) is 17.8 Å². The number of carboxylic acid groups (broad SMARTS) is 1. The molecule has 1 aromatic carbocycles. The van der Waals surface area contributed by atoms with Crippen LogP contribution >= 0.6 is 0 Å². The summed E-state index contributed by atoms with van der Waals surface area (Å²) in [6.07, 6.45) is 2.79. The Balaban J connectivity index is 1.93. The van der Waals surface area contributed by atoms with Gasteiger partial charge in [-0.2, -0.15) is 0 Å². The first-order valence-corrected chi connectivity index (χ1v) is 10.3. The highest BCUT2D eigenvalue weighted by molar-refractivity contribution is 6.05. The fraction of sp³-hybridized carbons (Fsp3) is 0.125. The van der Waals surface area contributed by atoms with Crippen molar-refractivity contribution >= 4 is 22.8 Å². The third-order valence-corrected chi connectivity index (χ3v) is 5.17. The highest BCUT2D eigenvalue weighted by Gasteiger charge is 2.23. The summed E-state index contributed by atoms with van der Waals surface area (Å²) in [6, 6.07) is 13.3. The normalized spacial score (nSPS) is 10.9. The van der Waals surface area contributed by atoms with E-state index in [-0.39, 0.29) is 23.3 Å². The van der Waals surface area contributed by atoms with Gasteiger partial charge in [0.1, 0.15) is 12.4 Å². The van der Waals surface area contributed by atoms with Crippen molar-refractivity contribution in [2.75, 3.05) is 6.54 Å². The van der Waals surface area contributed by atoms with Crippen molar-refractivity contribution in [3.63, 3.8) is 0 Å². The first kappa shape index (κ1) is 22.6. The second-order valence-electron chi connectivity index (χ2n) is 7.45. The molecule has 3 aromatic heterocycles. The first-order chi connectivity index (χ1) is 16.3. The van der Waals surface area contributed by atoms with Crippen molar-refractivity contribution in [1.29, 1.82) is 0 Å². The smallest absolute Gasteiger partial charge is 0.322 e. The van der Waals surface area contributed by atoms with Gasteiger partial charge in [0, 0.05) is 29.8 Å². The lowest BCUT2D eigenvalue weighted by molar-refractivity contribution is -0.135. The number of hydrogen-bond acceptors (Lipinski definition) is 6. The predicted molar refractivity (Wildman–Crippen MR) is 121 cm³/mol. The van der Waals surface area contributed by atoms with E-state index in [0.717, 1.165) is 17.8 Å². The van der Waals surface area contributed by atoms with Crippen LogP contribution in [0.2, 0.25) is 0 Å². The van der Waals surface area contributed by atoms with Crippen molar-refractivity contribution in [3.8, 4) is 17.0 Å². The van der Waals surface area contributed by atoms with Crippen molar-refractivity contribution in [2.45, 2.75) is 13.0 Å². The summed E-state index contributed by atoms with van der Waals surface area (Å²) >= 11 is 0. The van der Waals surface area contributed by atoms with Gasteiger partial charge in [-0.1, -0.05) is 30.3 Å². The van der Waals surface area contributed by atoms with Crippen molar-refractivity contribution < 1.29 is 24.2 Å². The fourth-order valence-electron chi connectivity index (χ4n) is 3.63. The second kappa shape index (κ2) is 9.49. The van der Waals surface area contributed by atoms with E-state index in [0.29, 0.717) is 11.8 Å². The lowest BCUT2D eigenvalue weighted by Crippen LogP contribution is -2.30. The minimum absolute atomic E-state index is 0.0261. The second-order valence-corrected chi connectivity index (χ2v) is 7.45. The lowest BCUT2D eigenvalue weighted by Gasteiger charge is -2.16. The average molecular weight is 462 g/mol. The summed E-state index contributed by atoms with van der Waals surface area (Å²) in [5.74, 6) is -3.48. The van der Waals surface area contributed by atoms with Gasteiger partial charge in [0.05, 0.1) is 17.4 Å². The van der Waals surface area contributed by atoms with Crippen LogP contribution in [0.25, 0.3) is 22.2 Å². The monoisotopic (exact) mass is 462 g/mol. The lowest BCUT2D eigenvalue weighted by atomic mass is 10.1. The number of nitrogens with zero attached hydrogens (tertiary/aromatic N) is 3. The van der Waals surface area contributed by atoms with E-state index in [4.69, 9.17) is 5.11 Å². The molecule has 3 N–H and O–H groups in total. The number of carbonyl (C=O) groups is 2. The van der Waals surface area contributed by atoms with Gasteiger partial charge >= 0.3 is 5.97 Å². The zero-order valence-electron chi connectivity index (χ0n) is 17.7. The largest absolute Gasteiger partial charge is 0.504 e. The third-order valence-electron chi connectivity index (χ3n) is 5.17. The molecule has 0 saturated carbocycles. The highest BCUT2D eigenvalue weighted by Crippen LogP contribution is 2.34. The van der Waals surface area contributed by atoms with Gasteiger partial charge < -0.3 is 20.1 Å². The van der Waals surface area contributed by atoms with Crippen LogP contribution in [0.5, 0.6) is 5.75 Å². The number of aryl methyl sites for hydroxylation is 2. The molecule has 0 unspecified atom stereocenters. The number of carbonyl (C=O) groups excluding carboxylic acids is 1. The standard InChI is InChI=1S/C24H19FN4O5/c25-16-10-15(11-26-12-16)20-17-6-7-18(30)29(9-8-14-4-2-1-3-5-14)22(17)23(33)21(28-20)24(34)27-13-19(31)32/h1-7,10-12,33H,8-9,13H2,(H,27,34)(H,31,32). The maximum atomic E-state index is 13.9. The topological polar surface area (TPSA) is 134 Å². The number of aromatic hydroxyl groups is 1. The summed E-state index contributed by atoms with van der Waals surface area (Å²) in [4.78, 5) is 44.4. The molecule has 172 valence electrons. The van der Waals surface area contributed by atoms with E-state index >= 15 is 0 Å². The van der Waals surface area contributed by atoms with Crippen LogP contribution in [0.3, 0.4) is 0 Å². The summed E-state index contributed by atoms with van der Waals surface area (Å²) in [5, 5.41) is 22.3. The van der Waals surface area contributed by atoms with Crippen molar-refractivity contribution in [2.24, 2.45) is 0 Å². The zero-order chi connectivity index (χ0) is 24.2. The van der Waals surface area contributed by atoms with Crippen molar-refractivity contribution in [3.05, 3.63) is 88.4 Å². The van der Waals surface area contributed by atoms with Crippen LogP contribution in [-0.4, -0.2) is 43.2 Å². The molecule has 0 aliphatic heterocycles. The number of pyridine rings is 3. The van der Waals surface area contributed by atoms with Gasteiger partial charge in [0.15, 0.2) is 11.4 Å². The number of nitrogens with one attached hydrogen (secondary N) is 1. The molecular weight excluding hydrogens is 443 g/mol. The Hall–Kier alpha value is -4.60. The Morgan fingerprint density at radius 2 is 1.85 bits per heavy atom. The molecule has 0 spiro atoms. The number of aromatic nitrogens is 3. The molecule has 10 heteroatoms. The van der Waals surface area contributed by atoms with Crippen LogP contribution in [0, 0.1) is 5.82 Å². The summed E-state index contributed by atoms with van der Waals surface area (Å²) < 4.78 is 15.2. The van der Waals surface area contributed by atoms with Gasteiger partial charge in [-0.3, -0.25) is 19.4 Å². The fourth-order valence-corrected chi connectivity index (χ4v) is 3.63. The molecular formula is C24H19FN4O5. The van der Waals surface area contributed by atoms with Crippen LogP contribution in [0.1, 0.15) is 16.1 Å². The molecule has 9 nitrogen and oxygen atoms in total. The Bertz CT molecular complexity index is 1450. The van der Waals surface area contributed by atoms with E-state index in [1.165, 1.54) is 22.9 Å². The molecule has 1 amide bonds. The molecule has 0 bridgehead atoms. The number of halogens is 1. The third kappa shape index (κ3) is 4.60. The molecule has 0 radical (unpaired) electrons. The summed E-state index contributed by atoms with van der Waals surface area (Å²) in [5.41, 5.74) is 0.378. The molecule has 3 heterocycles. The van der Waals surface area contributed by atoms with E-state index in [9.17, 15) is 23.9 Å². The first-order valence-electron chi connectivity index (χ1n) is 10.3. The number of hydrogen-bond donors (Lipinski definition) is 3. The van der Waals surface area contributed by atoms with E-state index in [1.54, 1.807) is 0 Å². The Labute approximate surface area is 192 Å². The van der Waals surface area contributed by atoms with Gasteiger partial charge in [-0.05, 0) is 24.1 Å². The number of rotatable bonds is 7.